The summed E-state index contributed by atoms with van der Waals surface area (Å²) >= 11 is 6.29. The molecule has 7 rings (SSSR count). The number of nitrogens with two attached hydrogens (primary N) is 1. The number of likely N-dealkylation sites (tertiary alicyclic amines) is 1. The Morgan fingerprint density at radius 2 is 1.74 bits per heavy atom. The maximum Gasteiger partial charge on any atom is 0.328 e. The van der Waals surface area contributed by atoms with Crippen LogP contribution in [0.1, 0.15) is 35.8 Å². The van der Waals surface area contributed by atoms with Gasteiger partial charge in [-0.25, -0.2) is 9.69 Å². The van der Waals surface area contributed by atoms with Crippen LogP contribution < -0.4 is 10.6 Å². The fourth-order valence-corrected chi connectivity index (χ4v) is 8.09. The van der Waals surface area contributed by atoms with Crippen LogP contribution in [-0.4, -0.2) is 39.7 Å². The molecule has 0 radical (unpaired) electrons. The van der Waals surface area contributed by atoms with E-state index in [1.54, 1.807) is 60.7 Å². The molecule has 4 aliphatic rings. The number of carbonyl (C=O) groups excluding carboxylic acids is 5. The molecule has 10 nitrogen and oxygen atoms in total. The fraction of sp³-hybridized carbons (Fsp3) is 0.281. The Balaban J connectivity index is 1.49. The number of amides is 6. The maximum atomic E-state index is 15.0. The molecule has 218 valence electrons. The van der Waals surface area contributed by atoms with Gasteiger partial charge < -0.3 is 15.3 Å². The van der Waals surface area contributed by atoms with Crippen LogP contribution in [0.25, 0.3) is 0 Å². The van der Waals surface area contributed by atoms with Crippen molar-refractivity contribution in [2.24, 2.45) is 29.4 Å². The number of hydrogen-bond acceptors (Lipinski definition) is 7. The average Bonchev–Trinajstić information content (AvgIpc) is 3.64. The zero-order valence-electron chi connectivity index (χ0n) is 22.7. The number of urea groups is 1. The molecule has 11 heteroatoms. The molecule has 1 aromatic heterocycles. The summed E-state index contributed by atoms with van der Waals surface area (Å²) < 4.78 is 6.11. The van der Waals surface area contributed by atoms with Gasteiger partial charge in [0, 0.05) is 5.02 Å². The highest BCUT2D eigenvalue weighted by Crippen LogP contribution is 2.64. The first-order chi connectivity index (χ1) is 20.7. The van der Waals surface area contributed by atoms with Gasteiger partial charge in [0.25, 0.3) is 0 Å². The Labute approximate surface area is 250 Å². The lowest BCUT2D eigenvalue weighted by molar-refractivity contribution is -0.136. The molecule has 0 spiro atoms. The Morgan fingerprint density at radius 3 is 2.42 bits per heavy atom. The number of aliphatic hydroxyl groups is 1. The SMILES string of the molecule is NC(=O)N1C(=O)C2CC=C3C(CC4C(=O)N(c5cccc(Cl)c5)C(=O)C4(c4ccccc4)C3c3ccc(CO)o3)C2C1=O. The Kier molecular flexibility index (Phi) is 6.19. The number of fused-ring (bicyclic) bond motifs is 4. The predicted molar refractivity (Wildman–Crippen MR) is 152 cm³/mol. The number of carbonyl (C=O) groups is 5. The van der Waals surface area contributed by atoms with Crippen LogP contribution in [0.2, 0.25) is 5.02 Å². The lowest BCUT2D eigenvalue weighted by atomic mass is 9.50. The van der Waals surface area contributed by atoms with Crippen molar-refractivity contribution < 1.29 is 33.5 Å². The lowest BCUT2D eigenvalue weighted by Crippen LogP contribution is -2.53. The summed E-state index contributed by atoms with van der Waals surface area (Å²) in [6.45, 7) is -0.385. The molecule has 2 saturated heterocycles. The Bertz CT molecular complexity index is 1750. The molecule has 3 aromatic rings. The van der Waals surface area contributed by atoms with Gasteiger partial charge in [-0.3, -0.25) is 19.2 Å². The number of halogens is 1. The minimum atomic E-state index is -1.49. The van der Waals surface area contributed by atoms with E-state index in [0.717, 1.165) is 4.90 Å². The highest BCUT2D eigenvalue weighted by atomic mass is 35.5. The standard InChI is InChI=1S/C32H26ClN3O7/c33-17-7-4-8-18(13-17)35-28(39)23-14-22-20(10-11-21-25(22)29(40)36(27(21)38)31(34)42)26(24-12-9-19(15-37)43-24)32(23,30(35)41)16-5-2-1-3-6-16/h1-10,12-13,21-23,25-26,37H,11,14-15H2,(H2,34,42). The largest absolute Gasteiger partial charge is 0.463 e. The number of allylic oxidation sites excluding steroid dienone is 2. The number of anilines is 1. The summed E-state index contributed by atoms with van der Waals surface area (Å²) in [4.78, 5) is 70.0. The van der Waals surface area contributed by atoms with Gasteiger partial charge in [0.1, 0.15) is 23.5 Å². The second kappa shape index (κ2) is 9.75. The molecule has 2 aliphatic carbocycles. The molecule has 2 aliphatic heterocycles. The van der Waals surface area contributed by atoms with Crippen molar-refractivity contribution in [1.29, 1.82) is 0 Å². The van der Waals surface area contributed by atoms with Crippen molar-refractivity contribution in [2.45, 2.75) is 30.8 Å². The number of furan rings is 1. The van der Waals surface area contributed by atoms with Gasteiger partial charge in [0.2, 0.25) is 23.6 Å². The summed E-state index contributed by atoms with van der Waals surface area (Å²) in [6.07, 6.45) is 2.05. The molecule has 1 saturated carbocycles. The van der Waals surface area contributed by atoms with E-state index in [0.29, 0.717) is 32.5 Å². The quantitative estimate of drug-likeness (QED) is 0.343. The van der Waals surface area contributed by atoms with Crippen molar-refractivity contribution in [1.82, 2.24) is 4.90 Å². The Morgan fingerprint density at radius 1 is 0.977 bits per heavy atom. The normalized spacial score (nSPS) is 29.8. The summed E-state index contributed by atoms with van der Waals surface area (Å²) in [5.41, 5.74) is 5.50. The Hall–Kier alpha value is -4.54. The van der Waals surface area contributed by atoms with E-state index in [9.17, 15) is 29.1 Å². The maximum absolute atomic E-state index is 15.0. The average molecular weight is 600 g/mol. The minimum absolute atomic E-state index is 0.0687. The number of hydrogen-bond donors (Lipinski definition) is 2. The molecule has 43 heavy (non-hydrogen) atoms. The fourth-order valence-electron chi connectivity index (χ4n) is 7.90. The highest BCUT2D eigenvalue weighted by Gasteiger charge is 2.71. The number of imide groups is 4. The smallest absolute Gasteiger partial charge is 0.328 e. The minimum Gasteiger partial charge on any atom is -0.463 e. The lowest BCUT2D eigenvalue weighted by Gasteiger charge is -2.49. The third-order valence-electron chi connectivity index (χ3n) is 9.51. The third-order valence-corrected chi connectivity index (χ3v) is 9.75. The van der Waals surface area contributed by atoms with Crippen molar-refractivity contribution in [3.63, 3.8) is 0 Å². The van der Waals surface area contributed by atoms with Crippen molar-refractivity contribution >= 4 is 46.9 Å². The summed E-state index contributed by atoms with van der Waals surface area (Å²) in [5.74, 6) is -5.97. The number of nitrogens with zero attached hydrogens (tertiary/aromatic N) is 2. The van der Waals surface area contributed by atoms with Crippen LogP contribution >= 0.6 is 11.6 Å². The number of rotatable bonds is 4. The van der Waals surface area contributed by atoms with E-state index < -0.39 is 64.7 Å². The van der Waals surface area contributed by atoms with Crippen LogP contribution in [-0.2, 0) is 31.2 Å². The predicted octanol–water partition coefficient (Wildman–Crippen LogP) is 3.67. The molecule has 6 atom stereocenters. The van der Waals surface area contributed by atoms with Gasteiger partial charge in [0.05, 0.1) is 29.4 Å². The molecule has 3 heterocycles. The molecular weight excluding hydrogens is 574 g/mol. The first-order valence-corrected chi connectivity index (χ1v) is 14.3. The van der Waals surface area contributed by atoms with Gasteiger partial charge in [-0.15, -0.1) is 0 Å². The zero-order chi connectivity index (χ0) is 30.2. The van der Waals surface area contributed by atoms with Crippen LogP contribution in [0.15, 0.2) is 82.8 Å². The molecule has 3 N–H and O–H groups in total. The van der Waals surface area contributed by atoms with E-state index in [4.69, 9.17) is 21.8 Å². The van der Waals surface area contributed by atoms with E-state index >= 15 is 0 Å². The van der Waals surface area contributed by atoms with Gasteiger partial charge in [-0.05, 0) is 54.7 Å². The second-order valence-corrected chi connectivity index (χ2v) is 11.8. The first-order valence-electron chi connectivity index (χ1n) is 14.0. The van der Waals surface area contributed by atoms with E-state index in [1.165, 1.54) is 0 Å². The van der Waals surface area contributed by atoms with Crippen molar-refractivity contribution in [3.8, 4) is 0 Å². The third kappa shape index (κ3) is 3.66. The molecule has 6 unspecified atom stereocenters. The van der Waals surface area contributed by atoms with Gasteiger partial charge >= 0.3 is 6.03 Å². The molecule has 2 aromatic carbocycles. The summed E-state index contributed by atoms with van der Waals surface area (Å²) in [7, 11) is 0. The topological polar surface area (TPSA) is 151 Å². The van der Waals surface area contributed by atoms with Crippen LogP contribution in [0.4, 0.5) is 10.5 Å². The number of aliphatic hydroxyl groups excluding tert-OH is 1. The van der Waals surface area contributed by atoms with Crippen LogP contribution in [0.5, 0.6) is 0 Å². The summed E-state index contributed by atoms with van der Waals surface area (Å²) in [6, 6.07) is 17.6. The van der Waals surface area contributed by atoms with E-state index in [1.807, 2.05) is 12.1 Å². The van der Waals surface area contributed by atoms with Crippen molar-refractivity contribution in [2.75, 3.05) is 4.90 Å². The monoisotopic (exact) mass is 599 g/mol. The number of primary amides is 1. The highest BCUT2D eigenvalue weighted by molar-refractivity contribution is 6.32. The van der Waals surface area contributed by atoms with Gasteiger partial charge in [-0.2, -0.15) is 4.90 Å². The first kappa shape index (κ1) is 27.3. The van der Waals surface area contributed by atoms with Crippen molar-refractivity contribution in [3.05, 3.63) is 100 Å². The number of benzene rings is 2. The van der Waals surface area contributed by atoms with E-state index in [-0.39, 0.29) is 25.2 Å². The molecular formula is C32H26ClN3O7. The van der Waals surface area contributed by atoms with Crippen LogP contribution in [0.3, 0.4) is 0 Å². The molecule has 6 amide bonds. The van der Waals surface area contributed by atoms with Gasteiger partial charge in [0.15, 0.2) is 0 Å². The van der Waals surface area contributed by atoms with E-state index in [2.05, 4.69) is 0 Å². The zero-order valence-corrected chi connectivity index (χ0v) is 23.4. The second-order valence-electron chi connectivity index (χ2n) is 11.4. The molecule has 0 bridgehead atoms. The van der Waals surface area contributed by atoms with Gasteiger partial charge in [-0.1, -0.05) is 59.6 Å². The van der Waals surface area contributed by atoms with Crippen LogP contribution in [0, 0.1) is 23.7 Å². The molecule has 3 fully saturated rings. The summed E-state index contributed by atoms with van der Waals surface area (Å²) in [5, 5.41) is 10.2.